The van der Waals surface area contributed by atoms with Crippen LogP contribution in [0.5, 0.6) is 0 Å². The van der Waals surface area contributed by atoms with E-state index >= 15 is 0 Å². The van der Waals surface area contributed by atoms with Gasteiger partial charge in [-0.05, 0) is 12.5 Å². The van der Waals surface area contributed by atoms with Gasteiger partial charge in [-0.25, -0.2) is 0 Å². The Bertz CT molecular complexity index is 416. The van der Waals surface area contributed by atoms with Gasteiger partial charge in [0.15, 0.2) is 0 Å². The SMILES string of the molecule is CC(N)C(=O)NC(CN1CCOCC1)c1ccccc1. The zero-order chi connectivity index (χ0) is 14.4. The fraction of sp³-hybridized carbons (Fsp3) is 0.533. The Hall–Kier alpha value is -1.43. The fourth-order valence-corrected chi connectivity index (χ4v) is 2.26. The smallest absolute Gasteiger partial charge is 0.237 e. The number of rotatable bonds is 5. The average molecular weight is 277 g/mol. The summed E-state index contributed by atoms with van der Waals surface area (Å²) in [5, 5.41) is 3.03. The molecule has 1 fully saturated rings. The first-order chi connectivity index (χ1) is 9.66. The van der Waals surface area contributed by atoms with Crippen LogP contribution in [-0.2, 0) is 9.53 Å². The molecule has 1 heterocycles. The van der Waals surface area contributed by atoms with Crippen molar-refractivity contribution in [2.45, 2.75) is 19.0 Å². The molecule has 1 aromatic rings. The van der Waals surface area contributed by atoms with E-state index in [4.69, 9.17) is 10.5 Å². The van der Waals surface area contributed by atoms with Gasteiger partial charge in [-0.2, -0.15) is 0 Å². The number of nitrogens with two attached hydrogens (primary N) is 1. The Labute approximate surface area is 120 Å². The molecule has 0 saturated carbocycles. The summed E-state index contributed by atoms with van der Waals surface area (Å²) in [6, 6.07) is 9.49. The summed E-state index contributed by atoms with van der Waals surface area (Å²) in [4.78, 5) is 14.2. The molecule has 1 amide bonds. The molecule has 2 rings (SSSR count). The number of ether oxygens (including phenoxy) is 1. The molecule has 20 heavy (non-hydrogen) atoms. The molecular formula is C15H23N3O2. The summed E-state index contributed by atoms with van der Waals surface area (Å²) in [6.45, 7) is 5.79. The second kappa shape index (κ2) is 7.38. The number of hydrogen-bond donors (Lipinski definition) is 2. The Morgan fingerprint density at radius 1 is 1.35 bits per heavy atom. The van der Waals surface area contributed by atoms with E-state index in [-0.39, 0.29) is 11.9 Å². The topological polar surface area (TPSA) is 67.6 Å². The molecule has 2 atom stereocenters. The van der Waals surface area contributed by atoms with Crippen LogP contribution in [0.1, 0.15) is 18.5 Å². The summed E-state index contributed by atoms with van der Waals surface area (Å²) < 4.78 is 5.36. The third-order valence-electron chi connectivity index (χ3n) is 3.48. The van der Waals surface area contributed by atoms with E-state index in [0.717, 1.165) is 38.4 Å². The molecule has 0 aliphatic carbocycles. The van der Waals surface area contributed by atoms with E-state index in [1.807, 2.05) is 30.3 Å². The lowest BCUT2D eigenvalue weighted by Gasteiger charge is -2.31. The molecule has 0 radical (unpaired) electrons. The van der Waals surface area contributed by atoms with Crippen LogP contribution in [-0.4, -0.2) is 49.7 Å². The lowest BCUT2D eigenvalue weighted by molar-refractivity contribution is -0.123. The first-order valence-corrected chi connectivity index (χ1v) is 7.08. The molecule has 5 nitrogen and oxygen atoms in total. The Morgan fingerprint density at radius 3 is 2.60 bits per heavy atom. The lowest BCUT2D eigenvalue weighted by Crippen LogP contribution is -2.46. The predicted octanol–water partition coefficient (Wildman–Crippen LogP) is 0.523. The highest BCUT2D eigenvalue weighted by Gasteiger charge is 2.21. The number of carbonyl (C=O) groups is 1. The van der Waals surface area contributed by atoms with Crippen molar-refractivity contribution in [1.29, 1.82) is 0 Å². The maximum atomic E-state index is 11.9. The zero-order valence-electron chi connectivity index (χ0n) is 11.9. The molecule has 1 aromatic carbocycles. The maximum Gasteiger partial charge on any atom is 0.237 e. The predicted molar refractivity (Wildman–Crippen MR) is 78.2 cm³/mol. The van der Waals surface area contributed by atoms with E-state index in [2.05, 4.69) is 10.2 Å². The van der Waals surface area contributed by atoms with Crippen LogP contribution in [0.4, 0.5) is 0 Å². The summed E-state index contributed by atoms with van der Waals surface area (Å²) in [5.41, 5.74) is 6.75. The van der Waals surface area contributed by atoms with Crippen molar-refractivity contribution in [1.82, 2.24) is 10.2 Å². The third-order valence-corrected chi connectivity index (χ3v) is 3.48. The van der Waals surface area contributed by atoms with Gasteiger partial charge in [0.25, 0.3) is 0 Å². The van der Waals surface area contributed by atoms with Gasteiger partial charge in [-0.1, -0.05) is 30.3 Å². The number of morpholine rings is 1. The molecule has 5 heteroatoms. The summed E-state index contributed by atoms with van der Waals surface area (Å²) in [7, 11) is 0. The monoisotopic (exact) mass is 277 g/mol. The van der Waals surface area contributed by atoms with Gasteiger partial charge < -0.3 is 15.8 Å². The first kappa shape index (κ1) is 15.0. The minimum absolute atomic E-state index is 0.0344. The van der Waals surface area contributed by atoms with Crippen molar-refractivity contribution in [2.75, 3.05) is 32.8 Å². The minimum atomic E-state index is -0.495. The van der Waals surface area contributed by atoms with Crippen molar-refractivity contribution < 1.29 is 9.53 Å². The van der Waals surface area contributed by atoms with Crippen LogP contribution in [0.2, 0.25) is 0 Å². The Morgan fingerprint density at radius 2 is 2.00 bits per heavy atom. The molecule has 2 unspecified atom stereocenters. The highest BCUT2D eigenvalue weighted by Crippen LogP contribution is 2.15. The summed E-state index contributed by atoms with van der Waals surface area (Å²) in [6.07, 6.45) is 0. The number of carbonyl (C=O) groups excluding carboxylic acids is 1. The summed E-state index contributed by atoms with van der Waals surface area (Å²) in [5.74, 6) is -0.118. The molecule has 1 saturated heterocycles. The van der Waals surface area contributed by atoms with Crippen molar-refractivity contribution in [3.63, 3.8) is 0 Å². The maximum absolute atomic E-state index is 11.9. The lowest BCUT2D eigenvalue weighted by atomic mass is 10.1. The van der Waals surface area contributed by atoms with E-state index < -0.39 is 6.04 Å². The fourth-order valence-electron chi connectivity index (χ4n) is 2.26. The molecule has 3 N–H and O–H groups in total. The molecule has 110 valence electrons. The van der Waals surface area contributed by atoms with Gasteiger partial charge in [0, 0.05) is 19.6 Å². The van der Waals surface area contributed by atoms with Crippen LogP contribution in [0.3, 0.4) is 0 Å². The number of nitrogens with one attached hydrogen (secondary N) is 1. The zero-order valence-corrected chi connectivity index (χ0v) is 11.9. The van der Waals surface area contributed by atoms with E-state index in [1.165, 1.54) is 0 Å². The molecule has 1 aliphatic heterocycles. The second-order valence-electron chi connectivity index (χ2n) is 5.17. The Balaban J connectivity index is 2.05. The second-order valence-corrected chi connectivity index (χ2v) is 5.17. The highest BCUT2D eigenvalue weighted by atomic mass is 16.5. The number of benzene rings is 1. The van der Waals surface area contributed by atoms with Crippen LogP contribution in [0.15, 0.2) is 30.3 Å². The summed E-state index contributed by atoms with van der Waals surface area (Å²) >= 11 is 0. The van der Waals surface area contributed by atoms with Crippen molar-refractivity contribution >= 4 is 5.91 Å². The normalized spacial score (nSPS) is 19.3. The van der Waals surface area contributed by atoms with Crippen molar-refractivity contribution in [3.8, 4) is 0 Å². The van der Waals surface area contributed by atoms with E-state index in [9.17, 15) is 4.79 Å². The standard InChI is InChI=1S/C15H23N3O2/c1-12(16)15(19)17-14(13-5-3-2-4-6-13)11-18-7-9-20-10-8-18/h2-6,12,14H,7-11,16H2,1H3,(H,17,19). The van der Waals surface area contributed by atoms with Crippen LogP contribution in [0.25, 0.3) is 0 Å². The van der Waals surface area contributed by atoms with Gasteiger partial charge in [-0.3, -0.25) is 9.69 Å². The Kier molecular flexibility index (Phi) is 5.52. The first-order valence-electron chi connectivity index (χ1n) is 7.08. The van der Waals surface area contributed by atoms with E-state index in [1.54, 1.807) is 6.92 Å². The van der Waals surface area contributed by atoms with Crippen LogP contribution < -0.4 is 11.1 Å². The largest absolute Gasteiger partial charge is 0.379 e. The quantitative estimate of drug-likeness (QED) is 0.823. The molecule has 0 bridgehead atoms. The highest BCUT2D eigenvalue weighted by molar-refractivity contribution is 5.81. The van der Waals surface area contributed by atoms with Gasteiger partial charge in [0.1, 0.15) is 0 Å². The van der Waals surface area contributed by atoms with Gasteiger partial charge in [0.05, 0.1) is 25.3 Å². The number of amides is 1. The van der Waals surface area contributed by atoms with Gasteiger partial charge in [0.2, 0.25) is 5.91 Å². The van der Waals surface area contributed by atoms with E-state index in [0.29, 0.717) is 0 Å². The molecule has 1 aliphatic rings. The minimum Gasteiger partial charge on any atom is -0.379 e. The van der Waals surface area contributed by atoms with Crippen molar-refractivity contribution in [3.05, 3.63) is 35.9 Å². The molecule has 0 spiro atoms. The third kappa shape index (κ3) is 4.30. The average Bonchev–Trinajstić information content (AvgIpc) is 2.48. The van der Waals surface area contributed by atoms with Gasteiger partial charge >= 0.3 is 0 Å². The molecule has 0 aromatic heterocycles. The molecular weight excluding hydrogens is 254 g/mol. The number of hydrogen-bond acceptors (Lipinski definition) is 4. The van der Waals surface area contributed by atoms with Crippen LogP contribution >= 0.6 is 0 Å². The van der Waals surface area contributed by atoms with Crippen molar-refractivity contribution in [2.24, 2.45) is 5.73 Å². The van der Waals surface area contributed by atoms with Crippen LogP contribution in [0, 0.1) is 0 Å². The number of nitrogens with zero attached hydrogens (tertiary/aromatic N) is 1. The van der Waals surface area contributed by atoms with Gasteiger partial charge in [-0.15, -0.1) is 0 Å².